The van der Waals surface area contributed by atoms with Gasteiger partial charge in [0.15, 0.2) is 0 Å². The molecule has 3 rings (SSSR count). The normalized spacial score (nSPS) is 14.0. The summed E-state index contributed by atoms with van der Waals surface area (Å²) in [6.07, 6.45) is 0.671. The van der Waals surface area contributed by atoms with E-state index in [0.29, 0.717) is 23.2 Å². The van der Waals surface area contributed by atoms with Crippen molar-refractivity contribution in [2.75, 3.05) is 0 Å². The zero-order valence-corrected chi connectivity index (χ0v) is 16.6. The maximum atomic E-state index is 13.0. The van der Waals surface area contributed by atoms with Crippen molar-refractivity contribution in [3.8, 4) is 22.4 Å². The minimum Gasteiger partial charge on any atom is -0.346 e. The van der Waals surface area contributed by atoms with Crippen molar-refractivity contribution < 1.29 is 17.1 Å². The van der Waals surface area contributed by atoms with Gasteiger partial charge in [0, 0.05) is 16.4 Å². The fourth-order valence-electron chi connectivity index (χ4n) is 2.70. The van der Waals surface area contributed by atoms with Gasteiger partial charge < -0.3 is 4.52 Å². The van der Waals surface area contributed by atoms with Gasteiger partial charge in [0.25, 0.3) is 0 Å². The van der Waals surface area contributed by atoms with Gasteiger partial charge in [0.05, 0.1) is 21.3 Å². The molecule has 1 heterocycles. The number of nitrogens with zero attached hydrogens (tertiary/aromatic N) is 1. The number of aromatic nitrogens is 1. The third-order valence-electron chi connectivity index (χ3n) is 4.29. The molecule has 0 aliphatic heterocycles. The van der Waals surface area contributed by atoms with Crippen LogP contribution in [-0.2, 0) is 20.8 Å². The Labute approximate surface area is 160 Å². The highest BCUT2D eigenvalue weighted by Crippen LogP contribution is 2.39. The molecule has 0 bridgehead atoms. The molecule has 2 unspecified atom stereocenters. The van der Waals surface area contributed by atoms with E-state index in [1.807, 2.05) is 44.2 Å². The van der Waals surface area contributed by atoms with Crippen molar-refractivity contribution in [1.29, 1.82) is 0 Å². The van der Waals surface area contributed by atoms with E-state index in [2.05, 4.69) is 5.16 Å². The van der Waals surface area contributed by atoms with E-state index in [-0.39, 0.29) is 15.2 Å². The molecule has 2 N–H and O–H groups in total. The minimum absolute atomic E-state index is 0.0622. The molecule has 0 spiro atoms. The lowest BCUT2D eigenvalue weighted by atomic mass is 10.0. The summed E-state index contributed by atoms with van der Waals surface area (Å²) in [4.78, 5) is -0.0622. The van der Waals surface area contributed by atoms with Gasteiger partial charge in [-0.3, -0.25) is 4.21 Å². The van der Waals surface area contributed by atoms with Gasteiger partial charge in [-0.15, -0.1) is 0 Å². The first-order valence-electron chi connectivity index (χ1n) is 8.42. The number of nitrogens with two attached hydrogens (primary N) is 1. The number of rotatable bonds is 6. The van der Waals surface area contributed by atoms with Crippen molar-refractivity contribution in [1.82, 2.24) is 5.16 Å². The van der Waals surface area contributed by atoms with Gasteiger partial charge in [-0.2, -0.15) is 0 Å². The fourth-order valence-corrected chi connectivity index (χ4v) is 4.63. The summed E-state index contributed by atoms with van der Waals surface area (Å²) >= 11 is 0. The number of primary sulfonamides is 1. The van der Waals surface area contributed by atoms with E-state index < -0.39 is 20.8 Å². The van der Waals surface area contributed by atoms with Crippen LogP contribution < -0.4 is 5.14 Å². The highest BCUT2D eigenvalue weighted by molar-refractivity contribution is 7.89. The molecule has 0 amide bonds. The van der Waals surface area contributed by atoms with Gasteiger partial charge in [-0.25, -0.2) is 13.6 Å². The Morgan fingerprint density at radius 3 is 2.37 bits per heavy atom. The molecule has 3 aromatic rings. The maximum Gasteiger partial charge on any atom is 0.238 e. The van der Waals surface area contributed by atoms with Crippen molar-refractivity contribution in [3.63, 3.8) is 0 Å². The predicted octanol–water partition coefficient (Wildman–Crippen LogP) is 3.56. The third kappa shape index (κ3) is 3.87. The quantitative estimate of drug-likeness (QED) is 0.676. The topological polar surface area (TPSA) is 103 Å². The van der Waals surface area contributed by atoms with Crippen LogP contribution in [0.25, 0.3) is 22.4 Å². The largest absolute Gasteiger partial charge is 0.346 e. The van der Waals surface area contributed by atoms with E-state index in [9.17, 15) is 12.6 Å². The van der Waals surface area contributed by atoms with Gasteiger partial charge in [0.2, 0.25) is 15.1 Å². The zero-order valence-electron chi connectivity index (χ0n) is 15.0. The van der Waals surface area contributed by atoms with Crippen LogP contribution in [0.3, 0.4) is 0 Å². The summed E-state index contributed by atoms with van der Waals surface area (Å²) < 4.78 is 42.7. The summed E-state index contributed by atoms with van der Waals surface area (Å²) in [5.41, 5.74) is 1.88. The lowest BCUT2D eigenvalue weighted by molar-refractivity contribution is 0.347. The molecule has 0 aliphatic rings. The Hall–Kier alpha value is -2.29. The van der Waals surface area contributed by atoms with E-state index >= 15 is 0 Å². The molecule has 1 aromatic heterocycles. The Morgan fingerprint density at radius 1 is 1.11 bits per heavy atom. The lowest BCUT2D eigenvalue weighted by Gasteiger charge is -2.11. The molecule has 27 heavy (non-hydrogen) atoms. The first-order valence-corrected chi connectivity index (χ1v) is 11.2. The highest BCUT2D eigenvalue weighted by Gasteiger charge is 2.29. The molecule has 2 aromatic carbocycles. The van der Waals surface area contributed by atoms with Gasteiger partial charge in [-0.05, 0) is 12.5 Å². The second kappa shape index (κ2) is 7.75. The first-order chi connectivity index (χ1) is 12.8. The van der Waals surface area contributed by atoms with E-state index in [4.69, 9.17) is 9.66 Å². The van der Waals surface area contributed by atoms with E-state index in [1.54, 1.807) is 18.2 Å². The highest BCUT2D eigenvalue weighted by atomic mass is 32.2. The van der Waals surface area contributed by atoms with Crippen LogP contribution in [0.1, 0.15) is 20.3 Å². The molecule has 0 saturated heterocycles. The summed E-state index contributed by atoms with van der Waals surface area (Å²) in [6.45, 7) is 3.77. The maximum absolute atomic E-state index is 13.0. The average Bonchev–Trinajstić information content (AvgIpc) is 3.11. The standard InChI is InChI=1S/C19H20N2O4S2/c1-3-13(2)26(22)19-17(15-11-7-8-12-16(15)27(20,23)24)18(21-25-19)14-9-5-4-6-10-14/h4-13H,3H2,1-2H3,(H2,20,23,24). The molecule has 0 fully saturated rings. The van der Waals surface area contributed by atoms with Gasteiger partial charge in [0.1, 0.15) is 5.69 Å². The average molecular weight is 405 g/mol. The molecule has 2 atom stereocenters. The molecule has 6 nitrogen and oxygen atoms in total. The molecule has 0 saturated carbocycles. The van der Waals surface area contributed by atoms with Crippen LogP contribution >= 0.6 is 0 Å². The van der Waals surface area contributed by atoms with Crippen LogP contribution in [0, 0.1) is 0 Å². The van der Waals surface area contributed by atoms with Crippen LogP contribution in [0.2, 0.25) is 0 Å². The second-order valence-electron chi connectivity index (χ2n) is 6.12. The van der Waals surface area contributed by atoms with Gasteiger partial charge >= 0.3 is 0 Å². The molecular formula is C19H20N2O4S2. The minimum atomic E-state index is -4.00. The second-order valence-corrected chi connectivity index (χ2v) is 9.42. The van der Waals surface area contributed by atoms with Crippen LogP contribution in [-0.4, -0.2) is 23.0 Å². The van der Waals surface area contributed by atoms with E-state index in [0.717, 1.165) is 5.56 Å². The molecule has 8 heteroatoms. The van der Waals surface area contributed by atoms with Crippen LogP contribution in [0.5, 0.6) is 0 Å². The molecule has 142 valence electrons. The Balaban J connectivity index is 2.34. The zero-order chi connectivity index (χ0) is 19.6. The van der Waals surface area contributed by atoms with Crippen LogP contribution in [0.15, 0.2) is 69.1 Å². The third-order valence-corrected chi connectivity index (χ3v) is 6.97. The van der Waals surface area contributed by atoms with Crippen molar-refractivity contribution in [2.24, 2.45) is 5.14 Å². The monoisotopic (exact) mass is 404 g/mol. The van der Waals surface area contributed by atoms with Gasteiger partial charge in [-0.1, -0.05) is 67.5 Å². The number of benzene rings is 2. The predicted molar refractivity (Wildman–Crippen MR) is 105 cm³/mol. The fraction of sp³-hybridized carbons (Fsp3) is 0.211. The van der Waals surface area contributed by atoms with Crippen LogP contribution in [0.4, 0.5) is 0 Å². The van der Waals surface area contributed by atoms with Crippen molar-refractivity contribution in [2.45, 2.75) is 35.5 Å². The summed E-state index contributed by atoms with van der Waals surface area (Å²) in [7, 11) is -5.49. The summed E-state index contributed by atoms with van der Waals surface area (Å²) in [5, 5.41) is 9.50. The Bertz CT molecular complexity index is 1080. The lowest BCUT2D eigenvalue weighted by Crippen LogP contribution is -2.14. The Morgan fingerprint density at radius 2 is 1.74 bits per heavy atom. The summed E-state index contributed by atoms with van der Waals surface area (Å²) in [5.74, 6) is 0. The smallest absolute Gasteiger partial charge is 0.238 e. The first kappa shape index (κ1) is 19.5. The number of hydrogen-bond acceptors (Lipinski definition) is 5. The van der Waals surface area contributed by atoms with Crippen molar-refractivity contribution >= 4 is 20.8 Å². The summed E-state index contributed by atoms with van der Waals surface area (Å²) in [6, 6.07) is 15.5. The number of sulfonamides is 1. The van der Waals surface area contributed by atoms with Crippen molar-refractivity contribution in [3.05, 3.63) is 54.6 Å². The van der Waals surface area contributed by atoms with E-state index in [1.165, 1.54) is 6.07 Å². The molecule has 0 aliphatic carbocycles. The number of hydrogen-bond donors (Lipinski definition) is 1. The Kier molecular flexibility index (Phi) is 5.59. The SMILES string of the molecule is CCC(C)S(=O)c1onc(-c2ccccc2)c1-c1ccccc1S(N)(=O)=O. The molecular weight excluding hydrogens is 384 g/mol. The molecule has 0 radical (unpaired) electrons.